The van der Waals surface area contributed by atoms with Crippen molar-refractivity contribution in [2.45, 2.75) is 26.1 Å². The minimum atomic E-state index is -0.758. The highest BCUT2D eigenvalue weighted by Crippen LogP contribution is 2.13. The average Bonchev–Trinajstić information content (AvgIpc) is 3.24. The molecule has 1 unspecified atom stereocenters. The molecule has 30 heavy (non-hydrogen) atoms. The van der Waals surface area contributed by atoms with E-state index < -0.39 is 6.10 Å². The molecule has 1 atom stereocenters. The van der Waals surface area contributed by atoms with Gasteiger partial charge in [-0.05, 0) is 41.8 Å². The average molecular weight is 523 g/mol. The van der Waals surface area contributed by atoms with E-state index in [1.165, 1.54) is 12.1 Å². The van der Waals surface area contributed by atoms with Crippen molar-refractivity contribution in [1.29, 1.82) is 0 Å². The first-order chi connectivity index (χ1) is 14.2. The Morgan fingerprint density at radius 1 is 1.10 bits per heavy atom. The summed E-state index contributed by atoms with van der Waals surface area (Å²) in [4.78, 5) is 4.65. The van der Waals surface area contributed by atoms with Crippen molar-refractivity contribution in [3.63, 3.8) is 0 Å². The fourth-order valence-corrected chi connectivity index (χ4v) is 2.94. The number of aliphatic hydroxyl groups excluding tert-OH is 1. The highest BCUT2D eigenvalue weighted by atomic mass is 127. The lowest BCUT2D eigenvalue weighted by Gasteiger charge is -2.16. The van der Waals surface area contributed by atoms with Crippen LogP contribution in [0.5, 0.6) is 0 Å². The zero-order chi connectivity index (χ0) is 20.5. The van der Waals surface area contributed by atoms with Gasteiger partial charge < -0.3 is 15.7 Å². The summed E-state index contributed by atoms with van der Waals surface area (Å²) >= 11 is 0. The molecular weight excluding hydrogens is 496 g/mol. The van der Waals surface area contributed by atoms with Crippen molar-refractivity contribution in [3.05, 3.63) is 89.5 Å². The van der Waals surface area contributed by atoms with Gasteiger partial charge in [0.05, 0.1) is 19.2 Å². The van der Waals surface area contributed by atoms with Gasteiger partial charge >= 0.3 is 0 Å². The van der Waals surface area contributed by atoms with E-state index in [0.717, 1.165) is 11.1 Å². The number of rotatable bonds is 8. The minimum absolute atomic E-state index is 0. The largest absolute Gasteiger partial charge is 0.387 e. The van der Waals surface area contributed by atoms with E-state index in [-0.39, 0.29) is 36.3 Å². The number of aliphatic imine (C=N–C) groups is 1. The van der Waals surface area contributed by atoms with Gasteiger partial charge in [-0.2, -0.15) is 5.10 Å². The van der Waals surface area contributed by atoms with Crippen LogP contribution in [-0.4, -0.2) is 33.9 Å². The van der Waals surface area contributed by atoms with E-state index in [9.17, 15) is 9.50 Å². The van der Waals surface area contributed by atoms with Gasteiger partial charge in [0, 0.05) is 25.5 Å². The van der Waals surface area contributed by atoms with Gasteiger partial charge in [-0.25, -0.2) is 9.38 Å². The molecule has 8 heteroatoms. The van der Waals surface area contributed by atoms with Gasteiger partial charge in [0.2, 0.25) is 0 Å². The van der Waals surface area contributed by atoms with Crippen molar-refractivity contribution < 1.29 is 9.50 Å². The van der Waals surface area contributed by atoms with Crippen LogP contribution < -0.4 is 10.6 Å². The van der Waals surface area contributed by atoms with Gasteiger partial charge in [0.1, 0.15) is 5.82 Å². The molecule has 0 bridgehead atoms. The van der Waals surface area contributed by atoms with Crippen LogP contribution in [0.25, 0.3) is 0 Å². The Kier molecular flexibility index (Phi) is 9.75. The Morgan fingerprint density at radius 2 is 1.83 bits per heavy atom. The predicted octanol–water partition coefficient (Wildman–Crippen LogP) is 3.48. The van der Waals surface area contributed by atoms with Crippen LogP contribution >= 0.6 is 24.0 Å². The summed E-state index contributed by atoms with van der Waals surface area (Å²) in [5.41, 5.74) is 2.92. The summed E-state index contributed by atoms with van der Waals surface area (Å²) in [5.74, 6) is 0.292. The van der Waals surface area contributed by atoms with Crippen LogP contribution in [0.3, 0.4) is 0 Å². The van der Waals surface area contributed by atoms with Crippen LogP contribution in [0.2, 0.25) is 0 Å². The van der Waals surface area contributed by atoms with Crippen molar-refractivity contribution in [2.75, 3.05) is 13.1 Å². The first-order valence-corrected chi connectivity index (χ1v) is 9.65. The fraction of sp³-hybridized carbons (Fsp3) is 0.273. The normalized spacial score (nSPS) is 12.2. The molecule has 0 saturated carbocycles. The van der Waals surface area contributed by atoms with E-state index in [0.29, 0.717) is 31.2 Å². The predicted molar refractivity (Wildman–Crippen MR) is 127 cm³/mol. The van der Waals surface area contributed by atoms with Crippen LogP contribution in [0.15, 0.2) is 72.0 Å². The monoisotopic (exact) mass is 523 g/mol. The third-order valence-corrected chi connectivity index (χ3v) is 4.48. The number of nitrogens with zero attached hydrogens (tertiary/aromatic N) is 3. The van der Waals surface area contributed by atoms with Crippen LogP contribution in [0, 0.1) is 5.82 Å². The summed E-state index contributed by atoms with van der Waals surface area (Å²) in [7, 11) is 0. The highest BCUT2D eigenvalue weighted by Gasteiger charge is 2.09. The quantitative estimate of drug-likeness (QED) is 0.240. The SMILES string of the molecule is CCNC(=NCc1ccccc1Cn1cccn1)NCC(O)c1ccc(F)cc1.I. The Bertz CT molecular complexity index is 916. The van der Waals surface area contributed by atoms with Crippen LogP contribution in [-0.2, 0) is 13.1 Å². The Morgan fingerprint density at radius 3 is 2.50 bits per heavy atom. The first kappa shape index (κ1) is 23.8. The highest BCUT2D eigenvalue weighted by molar-refractivity contribution is 14.0. The van der Waals surface area contributed by atoms with Crippen LogP contribution in [0.4, 0.5) is 4.39 Å². The third kappa shape index (κ3) is 7.10. The molecule has 0 amide bonds. The molecule has 0 saturated heterocycles. The van der Waals surface area contributed by atoms with E-state index in [4.69, 9.17) is 0 Å². The van der Waals surface area contributed by atoms with Crippen molar-refractivity contribution in [2.24, 2.45) is 4.99 Å². The van der Waals surface area contributed by atoms with Crippen molar-refractivity contribution in [3.8, 4) is 0 Å². The topological polar surface area (TPSA) is 74.5 Å². The lowest BCUT2D eigenvalue weighted by Crippen LogP contribution is -2.39. The molecule has 0 spiro atoms. The number of hydrogen-bond acceptors (Lipinski definition) is 3. The van der Waals surface area contributed by atoms with Crippen molar-refractivity contribution >= 4 is 29.9 Å². The number of guanidine groups is 1. The summed E-state index contributed by atoms with van der Waals surface area (Å²) in [5, 5.41) is 20.9. The Hall–Kier alpha value is -2.46. The van der Waals surface area contributed by atoms with E-state index in [2.05, 4.69) is 32.9 Å². The third-order valence-electron chi connectivity index (χ3n) is 4.48. The maximum absolute atomic E-state index is 13.0. The summed E-state index contributed by atoms with van der Waals surface area (Å²) in [6.45, 7) is 4.14. The molecule has 0 aliphatic carbocycles. The molecule has 1 heterocycles. The molecule has 0 aliphatic rings. The standard InChI is InChI=1S/C22H26FN5O.HI/c1-2-24-22(26-15-21(29)17-8-10-20(23)11-9-17)25-14-18-6-3-4-7-19(18)16-28-13-5-12-27-28;/h3-13,21,29H,2,14-16H2,1H3,(H2,24,25,26);1H. The maximum atomic E-state index is 13.0. The number of hydrogen-bond donors (Lipinski definition) is 3. The molecule has 6 nitrogen and oxygen atoms in total. The number of aliphatic hydroxyl groups is 1. The summed E-state index contributed by atoms with van der Waals surface area (Å²) < 4.78 is 14.9. The Labute approximate surface area is 193 Å². The molecule has 3 N–H and O–H groups in total. The van der Waals surface area contributed by atoms with Crippen LogP contribution in [0.1, 0.15) is 29.7 Å². The van der Waals surface area contributed by atoms with Gasteiger partial charge in [-0.15, -0.1) is 24.0 Å². The molecule has 160 valence electrons. The molecule has 0 radical (unpaired) electrons. The van der Waals surface area contributed by atoms with E-state index in [1.54, 1.807) is 18.3 Å². The number of benzene rings is 2. The van der Waals surface area contributed by atoms with Gasteiger partial charge in [-0.1, -0.05) is 36.4 Å². The van der Waals surface area contributed by atoms with E-state index >= 15 is 0 Å². The molecule has 2 aromatic carbocycles. The van der Waals surface area contributed by atoms with E-state index in [1.807, 2.05) is 36.0 Å². The molecular formula is C22H27FIN5O. The Balaban J connectivity index is 0.00000320. The molecule has 3 aromatic rings. The molecule has 0 aliphatic heterocycles. The smallest absolute Gasteiger partial charge is 0.191 e. The second kappa shape index (κ2) is 12.3. The summed E-state index contributed by atoms with van der Waals surface area (Å²) in [6, 6.07) is 15.9. The number of halogens is 2. The number of nitrogens with one attached hydrogen (secondary N) is 2. The first-order valence-electron chi connectivity index (χ1n) is 9.65. The number of aromatic nitrogens is 2. The second-order valence-corrected chi connectivity index (χ2v) is 6.62. The van der Waals surface area contributed by atoms with Gasteiger partial charge in [0.25, 0.3) is 0 Å². The lowest BCUT2D eigenvalue weighted by atomic mass is 10.1. The zero-order valence-electron chi connectivity index (χ0n) is 16.8. The zero-order valence-corrected chi connectivity index (χ0v) is 19.2. The second-order valence-electron chi connectivity index (χ2n) is 6.62. The molecule has 1 aromatic heterocycles. The maximum Gasteiger partial charge on any atom is 0.191 e. The molecule has 0 fully saturated rings. The van der Waals surface area contributed by atoms with Gasteiger partial charge in [-0.3, -0.25) is 4.68 Å². The minimum Gasteiger partial charge on any atom is -0.387 e. The summed E-state index contributed by atoms with van der Waals surface area (Å²) in [6.07, 6.45) is 2.94. The van der Waals surface area contributed by atoms with Gasteiger partial charge in [0.15, 0.2) is 5.96 Å². The lowest BCUT2D eigenvalue weighted by molar-refractivity contribution is 0.180. The molecule has 3 rings (SSSR count). The van der Waals surface area contributed by atoms with Crippen molar-refractivity contribution in [1.82, 2.24) is 20.4 Å². The fourth-order valence-electron chi connectivity index (χ4n) is 2.94.